The summed E-state index contributed by atoms with van der Waals surface area (Å²) in [6, 6.07) is 4.10. The van der Waals surface area contributed by atoms with Gasteiger partial charge in [0.25, 0.3) is 0 Å². The second-order valence-electron chi connectivity index (χ2n) is 3.48. The summed E-state index contributed by atoms with van der Waals surface area (Å²) in [5.74, 6) is -0.541. The highest BCUT2D eigenvalue weighted by Gasteiger charge is 2.01. The maximum Gasteiger partial charge on any atom is 0.239 e. The SMILES string of the molecule is CCCNC(=O)CNc1cc(N)cc(F)c1. The Morgan fingerprint density at radius 2 is 2.19 bits per heavy atom. The van der Waals surface area contributed by atoms with Gasteiger partial charge in [0, 0.05) is 17.9 Å². The van der Waals surface area contributed by atoms with E-state index in [-0.39, 0.29) is 12.5 Å². The lowest BCUT2D eigenvalue weighted by molar-refractivity contribution is -0.119. The van der Waals surface area contributed by atoms with E-state index < -0.39 is 5.82 Å². The molecule has 0 bridgehead atoms. The molecule has 0 fully saturated rings. The number of nitrogen functional groups attached to an aromatic ring is 1. The van der Waals surface area contributed by atoms with Gasteiger partial charge in [0.05, 0.1) is 6.54 Å². The van der Waals surface area contributed by atoms with Crippen LogP contribution in [0.3, 0.4) is 0 Å². The first kappa shape index (κ1) is 12.3. The van der Waals surface area contributed by atoms with Crippen molar-refractivity contribution in [2.24, 2.45) is 0 Å². The average Bonchev–Trinajstić information content (AvgIpc) is 2.22. The molecule has 1 rings (SSSR count). The van der Waals surface area contributed by atoms with E-state index in [0.29, 0.717) is 17.9 Å². The number of anilines is 2. The average molecular weight is 225 g/mol. The maximum absolute atomic E-state index is 12.9. The molecule has 4 N–H and O–H groups in total. The number of nitrogens with two attached hydrogens (primary N) is 1. The number of amides is 1. The number of benzene rings is 1. The van der Waals surface area contributed by atoms with Crippen molar-refractivity contribution in [2.75, 3.05) is 24.1 Å². The van der Waals surface area contributed by atoms with Crippen molar-refractivity contribution in [1.29, 1.82) is 0 Å². The monoisotopic (exact) mass is 225 g/mol. The van der Waals surface area contributed by atoms with Crippen LogP contribution in [0.1, 0.15) is 13.3 Å². The normalized spacial score (nSPS) is 9.88. The lowest BCUT2D eigenvalue weighted by Crippen LogP contribution is -2.30. The molecule has 16 heavy (non-hydrogen) atoms. The van der Waals surface area contributed by atoms with Crippen molar-refractivity contribution in [3.63, 3.8) is 0 Å². The molecule has 1 amide bonds. The summed E-state index contributed by atoms with van der Waals surface area (Å²) in [5.41, 5.74) is 6.30. The zero-order valence-electron chi connectivity index (χ0n) is 9.22. The highest BCUT2D eigenvalue weighted by Crippen LogP contribution is 2.14. The Labute approximate surface area is 94.0 Å². The first-order valence-electron chi connectivity index (χ1n) is 5.18. The van der Waals surface area contributed by atoms with Crippen LogP contribution in [0, 0.1) is 5.82 Å². The van der Waals surface area contributed by atoms with Crippen LogP contribution in [0.5, 0.6) is 0 Å². The predicted octanol–water partition coefficient (Wildman–Crippen LogP) is 1.35. The smallest absolute Gasteiger partial charge is 0.239 e. The summed E-state index contributed by atoms with van der Waals surface area (Å²) in [6.45, 7) is 2.73. The van der Waals surface area contributed by atoms with Crippen LogP contribution in [0.25, 0.3) is 0 Å². The van der Waals surface area contributed by atoms with E-state index in [2.05, 4.69) is 10.6 Å². The number of nitrogens with one attached hydrogen (secondary N) is 2. The molecule has 5 heteroatoms. The topological polar surface area (TPSA) is 67.2 Å². The Hall–Kier alpha value is -1.78. The van der Waals surface area contributed by atoms with Gasteiger partial charge in [0.1, 0.15) is 5.82 Å². The second-order valence-corrected chi connectivity index (χ2v) is 3.48. The van der Waals surface area contributed by atoms with Gasteiger partial charge < -0.3 is 16.4 Å². The van der Waals surface area contributed by atoms with Crippen LogP contribution < -0.4 is 16.4 Å². The van der Waals surface area contributed by atoms with Gasteiger partial charge in [-0.25, -0.2) is 4.39 Å². The number of rotatable bonds is 5. The van der Waals surface area contributed by atoms with E-state index in [1.807, 2.05) is 6.92 Å². The van der Waals surface area contributed by atoms with E-state index in [9.17, 15) is 9.18 Å². The molecule has 0 spiro atoms. The number of hydrogen-bond donors (Lipinski definition) is 3. The van der Waals surface area contributed by atoms with Crippen LogP contribution in [0.4, 0.5) is 15.8 Å². The number of halogens is 1. The molecule has 0 heterocycles. The van der Waals surface area contributed by atoms with E-state index in [4.69, 9.17) is 5.73 Å². The maximum atomic E-state index is 12.9. The van der Waals surface area contributed by atoms with Gasteiger partial charge in [-0.2, -0.15) is 0 Å². The number of carbonyl (C=O) groups excluding carboxylic acids is 1. The van der Waals surface area contributed by atoms with Crippen LogP contribution >= 0.6 is 0 Å². The van der Waals surface area contributed by atoms with Crippen LogP contribution in [-0.4, -0.2) is 19.0 Å². The Kier molecular flexibility index (Phi) is 4.57. The zero-order valence-corrected chi connectivity index (χ0v) is 9.22. The van der Waals surface area contributed by atoms with Crippen molar-refractivity contribution in [3.05, 3.63) is 24.0 Å². The van der Waals surface area contributed by atoms with Crippen molar-refractivity contribution in [3.8, 4) is 0 Å². The number of hydrogen-bond acceptors (Lipinski definition) is 3. The summed E-state index contributed by atoms with van der Waals surface area (Å²) in [4.78, 5) is 11.2. The summed E-state index contributed by atoms with van der Waals surface area (Å²) >= 11 is 0. The molecule has 1 aromatic rings. The van der Waals surface area contributed by atoms with E-state index in [0.717, 1.165) is 6.42 Å². The van der Waals surface area contributed by atoms with Crippen molar-refractivity contribution >= 4 is 17.3 Å². The standard InChI is InChI=1S/C11H16FN3O/c1-2-3-14-11(16)7-15-10-5-8(12)4-9(13)6-10/h4-6,15H,2-3,7,13H2,1H3,(H,14,16). The van der Waals surface area contributed by atoms with Gasteiger partial charge in [-0.05, 0) is 24.6 Å². The highest BCUT2D eigenvalue weighted by atomic mass is 19.1. The zero-order chi connectivity index (χ0) is 12.0. The van der Waals surface area contributed by atoms with Gasteiger partial charge in [0.2, 0.25) is 5.91 Å². The molecule has 0 saturated carbocycles. The van der Waals surface area contributed by atoms with Crippen LogP contribution in [0.15, 0.2) is 18.2 Å². The summed E-state index contributed by atoms with van der Waals surface area (Å²) < 4.78 is 12.9. The lowest BCUT2D eigenvalue weighted by atomic mass is 10.2. The Bertz CT molecular complexity index is 348. The third-order valence-corrected chi connectivity index (χ3v) is 1.95. The first-order valence-corrected chi connectivity index (χ1v) is 5.18. The first-order chi connectivity index (χ1) is 7.61. The minimum atomic E-state index is -0.420. The van der Waals surface area contributed by atoms with E-state index in [1.165, 1.54) is 12.1 Å². The van der Waals surface area contributed by atoms with Crippen LogP contribution in [-0.2, 0) is 4.79 Å². The van der Waals surface area contributed by atoms with Crippen LogP contribution in [0.2, 0.25) is 0 Å². The van der Waals surface area contributed by atoms with Crippen molar-refractivity contribution < 1.29 is 9.18 Å². The largest absolute Gasteiger partial charge is 0.399 e. The third kappa shape index (κ3) is 4.16. The Morgan fingerprint density at radius 3 is 2.81 bits per heavy atom. The molecule has 0 radical (unpaired) electrons. The molecular weight excluding hydrogens is 209 g/mol. The van der Waals surface area contributed by atoms with Gasteiger partial charge in [0.15, 0.2) is 0 Å². The van der Waals surface area contributed by atoms with Gasteiger partial charge in [-0.15, -0.1) is 0 Å². The molecule has 0 unspecified atom stereocenters. The highest BCUT2D eigenvalue weighted by molar-refractivity contribution is 5.80. The lowest BCUT2D eigenvalue weighted by Gasteiger charge is -2.07. The quantitative estimate of drug-likeness (QED) is 0.662. The molecule has 0 aliphatic rings. The molecule has 0 aliphatic heterocycles. The molecule has 4 nitrogen and oxygen atoms in total. The van der Waals surface area contributed by atoms with Gasteiger partial charge in [-0.1, -0.05) is 6.92 Å². The fraction of sp³-hybridized carbons (Fsp3) is 0.364. The molecule has 0 atom stereocenters. The molecule has 1 aromatic carbocycles. The summed E-state index contributed by atoms with van der Waals surface area (Å²) in [7, 11) is 0. The molecular formula is C11H16FN3O. The van der Waals surface area contributed by atoms with Gasteiger partial charge in [-0.3, -0.25) is 4.79 Å². The summed E-state index contributed by atoms with van der Waals surface area (Å²) in [6.07, 6.45) is 0.888. The third-order valence-electron chi connectivity index (χ3n) is 1.95. The Morgan fingerprint density at radius 1 is 1.44 bits per heavy atom. The van der Waals surface area contributed by atoms with Crippen molar-refractivity contribution in [2.45, 2.75) is 13.3 Å². The fourth-order valence-corrected chi connectivity index (χ4v) is 1.22. The predicted molar refractivity (Wildman–Crippen MR) is 62.6 cm³/mol. The second kappa shape index (κ2) is 5.95. The minimum absolute atomic E-state index is 0.114. The van der Waals surface area contributed by atoms with Gasteiger partial charge >= 0.3 is 0 Å². The molecule has 0 aromatic heterocycles. The minimum Gasteiger partial charge on any atom is -0.399 e. The van der Waals surface area contributed by atoms with Crippen molar-refractivity contribution in [1.82, 2.24) is 5.32 Å². The molecule has 0 aliphatic carbocycles. The van der Waals surface area contributed by atoms with E-state index in [1.54, 1.807) is 6.07 Å². The number of carbonyl (C=O) groups is 1. The summed E-state index contributed by atoms with van der Waals surface area (Å²) in [5, 5.41) is 5.51. The van der Waals surface area contributed by atoms with E-state index >= 15 is 0 Å². The fourth-order valence-electron chi connectivity index (χ4n) is 1.22. The Balaban J connectivity index is 2.45. The molecule has 0 saturated heterocycles. The molecule has 88 valence electrons.